The molecule has 2 heterocycles. The van der Waals surface area contributed by atoms with Crippen LogP contribution in [0.4, 0.5) is 0 Å². The van der Waals surface area contributed by atoms with Gasteiger partial charge >= 0.3 is 0 Å². The van der Waals surface area contributed by atoms with Crippen LogP contribution in [0.1, 0.15) is 6.42 Å². The Morgan fingerprint density at radius 2 is 2.10 bits per heavy atom. The summed E-state index contributed by atoms with van der Waals surface area (Å²) in [4.78, 5) is 18.8. The Balaban J connectivity index is 1.76. The van der Waals surface area contributed by atoms with Crippen LogP contribution < -0.4 is 0 Å². The highest BCUT2D eigenvalue weighted by molar-refractivity contribution is 5.82. The number of nitrogens with zero attached hydrogens (tertiary/aromatic N) is 3. The Kier molecular flexibility index (Phi) is 5.77. The van der Waals surface area contributed by atoms with E-state index in [4.69, 9.17) is 9.47 Å². The molecule has 20 heavy (non-hydrogen) atoms. The van der Waals surface area contributed by atoms with Gasteiger partial charge in [-0.2, -0.15) is 0 Å². The van der Waals surface area contributed by atoms with E-state index in [0.717, 1.165) is 52.4 Å². The maximum atomic E-state index is 12.5. The van der Waals surface area contributed by atoms with Gasteiger partial charge < -0.3 is 14.4 Å². The molecule has 2 rings (SSSR count). The lowest BCUT2D eigenvalue weighted by Crippen LogP contribution is -2.46. The molecule has 2 saturated heterocycles. The van der Waals surface area contributed by atoms with Crippen molar-refractivity contribution >= 4 is 5.91 Å². The van der Waals surface area contributed by atoms with Crippen LogP contribution in [0, 0.1) is 0 Å². The minimum Gasteiger partial charge on any atom is -0.380 e. The topological polar surface area (TPSA) is 45.3 Å². The van der Waals surface area contributed by atoms with Gasteiger partial charge in [0.15, 0.2) is 0 Å². The normalized spacial score (nSPS) is 28.8. The van der Waals surface area contributed by atoms with E-state index in [1.54, 1.807) is 7.11 Å². The first-order valence-corrected chi connectivity index (χ1v) is 7.40. The fourth-order valence-corrected chi connectivity index (χ4v) is 2.89. The highest BCUT2D eigenvalue weighted by atomic mass is 16.5. The van der Waals surface area contributed by atoms with Crippen molar-refractivity contribution in [1.29, 1.82) is 0 Å². The predicted molar refractivity (Wildman–Crippen MR) is 76.7 cm³/mol. The molecule has 0 radical (unpaired) electrons. The number of likely N-dealkylation sites (N-methyl/N-ethyl adjacent to an activating group) is 2. The number of morpholine rings is 1. The van der Waals surface area contributed by atoms with Gasteiger partial charge in [-0.15, -0.1) is 0 Å². The van der Waals surface area contributed by atoms with Crippen molar-refractivity contribution < 1.29 is 14.3 Å². The summed E-state index contributed by atoms with van der Waals surface area (Å²) in [5.74, 6) is 0.209. The predicted octanol–water partition coefficient (Wildman–Crippen LogP) is -0.504. The Labute approximate surface area is 121 Å². The zero-order chi connectivity index (χ0) is 14.5. The van der Waals surface area contributed by atoms with E-state index in [1.165, 1.54) is 0 Å². The first kappa shape index (κ1) is 15.7. The summed E-state index contributed by atoms with van der Waals surface area (Å²) in [6, 6.07) is -0.0327. The van der Waals surface area contributed by atoms with Crippen LogP contribution >= 0.6 is 0 Å². The zero-order valence-corrected chi connectivity index (χ0v) is 12.9. The van der Waals surface area contributed by atoms with E-state index < -0.39 is 0 Å². The molecule has 6 heteroatoms. The molecule has 2 aliphatic rings. The number of rotatable bonds is 5. The molecule has 2 aliphatic heterocycles. The highest BCUT2D eigenvalue weighted by Crippen LogP contribution is 2.19. The van der Waals surface area contributed by atoms with Gasteiger partial charge in [0.1, 0.15) is 0 Å². The van der Waals surface area contributed by atoms with Gasteiger partial charge in [0, 0.05) is 46.9 Å². The van der Waals surface area contributed by atoms with Gasteiger partial charge in [-0.05, 0) is 13.5 Å². The quantitative estimate of drug-likeness (QED) is 0.681. The number of carbonyl (C=O) groups is 1. The molecule has 0 saturated carbocycles. The number of hydrogen-bond acceptors (Lipinski definition) is 5. The van der Waals surface area contributed by atoms with Gasteiger partial charge in [-0.25, -0.2) is 0 Å². The average molecular weight is 285 g/mol. The molecule has 0 aromatic carbocycles. The van der Waals surface area contributed by atoms with Crippen LogP contribution in [0.25, 0.3) is 0 Å². The third-order valence-corrected chi connectivity index (χ3v) is 4.36. The Morgan fingerprint density at radius 3 is 2.70 bits per heavy atom. The molecule has 0 unspecified atom stereocenters. The van der Waals surface area contributed by atoms with Crippen molar-refractivity contribution in [2.45, 2.75) is 18.6 Å². The fourth-order valence-electron chi connectivity index (χ4n) is 2.89. The number of amides is 1. The Morgan fingerprint density at radius 1 is 1.40 bits per heavy atom. The van der Waals surface area contributed by atoms with Gasteiger partial charge in [-0.3, -0.25) is 14.6 Å². The van der Waals surface area contributed by atoms with Crippen molar-refractivity contribution in [3.05, 3.63) is 0 Å². The van der Waals surface area contributed by atoms with Crippen LogP contribution in [0.2, 0.25) is 0 Å². The summed E-state index contributed by atoms with van der Waals surface area (Å²) in [6.07, 6.45) is 0.981. The molecule has 1 amide bonds. The van der Waals surface area contributed by atoms with Gasteiger partial charge in [0.25, 0.3) is 0 Å². The number of likely N-dealkylation sites (tertiary alicyclic amines) is 1. The molecular formula is C14H27N3O3. The summed E-state index contributed by atoms with van der Waals surface area (Å²) in [5, 5.41) is 0. The average Bonchev–Trinajstić information content (AvgIpc) is 2.86. The van der Waals surface area contributed by atoms with Crippen LogP contribution in [-0.4, -0.2) is 99.9 Å². The molecule has 0 aromatic rings. The molecule has 2 fully saturated rings. The van der Waals surface area contributed by atoms with Gasteiger partial charge in [0.2, 0.25) is 5.91 Å². The molecule has 0 spiro atoms. The smallest absolute Gasteiger partial charge is 0.239 e. The summed E-state index contributed by atoms with van der Waals surface area (Å²) >= 11 is 0. The third kappa shape index (κ3) is 3.91. The molecule has 0 aromatic heterocycles. The van der Waals surface area contributed by atoms with Crippen molar-refractivity contribution in [2.24, 2.45) is 0 Å². The first-order chi connectivity index (χ1) is 9.61. The number of hydrogen-bond donors (Lipinski definition) is 0. The standard InChI is InChI=1S/C14H27N3O3/c1-15(4-5-17-6-8-20-9-7-17)14(18)13-10-12(19-3)11-16(13)2/h12-13H,4-11H2,1-3H3/t12-,13-/m0/s1. The second-order valence-corrected chi connectivity index (χ2v) is 5.76. The SMILES string of the molecule is CO[C@H]1C[C@@H](C(=O)N(C)CCN2CCOCC2)N(C)C1. The Hall–Kier alpha value is -0.690. The molecular weight excluding hydrogens is 258 g/mol. The minimum atomic E-state index is -0.0327. The second kappa shape index (κ2) is 7.36. The Bertz CT molecular complexity index is 321. The van der Waals surface area contributed by atoms with Crippen molar-refractivity contribution in [3.8, 4) is 0 Å². The van der Waals surface area contributed by atoms with Crippen LogP contribution in [-0.2, 0) is 14.3 Å². The van der Waals surface area contributed by atoms with Gasteiger partial charge in [0.05, 0.1) is 25.4 Å². The van der Waals surface area contributed by atoms with E-state index >= 15 is 0 Å². The fraction of sp³-hybridized carbons (Fsp3) is 0.929. The molecule has 0 N–H and O–H groups in total. The van der Waals surface area contributed by atoms with E-state index in [0.29, 0.717) is 0 Å². The summed E-state index contributed by atoms with van der Waals surface area (Å²) in [5.41, 5.74) is 0. The van der Waals surface area contributed by atoms with E-state index in [-0.39, 0.29) is 18.1 Å². The third-order valence-electron chi connectivity index (χ3n) is 4.36. The van der Waals surface area contributed by atoms with Crippen LogP contribution in [0.5, 0.6) is 0 Å². The molecule has 0 aliphatic carbocycles. The summed E-state index contributed by atoms with van der Waals surface area (Å²) < 4.78 is 10.7. The van der Waals surface area contributed by atoms with E-state index in [1.807, 2.05) is 19.0 Å². The van der Waals surface area contributed by atoms with E-state index in [9.17, 15) is 4.79 Å². The van der Waals surface area contributed by atoms with Crippen molar-refractivity contribution in [2.75, 3.05) is 67.1 Å². The number of carbonyl (C=O) groups excluding carboxylic acids is 1. The molecule has 2 atom stereocenters. The molecule has 6 nitrogen and oxygen atoms in total. The highest BCUT2D eigenvalue weighted by Gasteiger charge is 2.35. The number of ether oxygens (including phenoxy) is 2. The van der Waals surface area contributed by atoms with Gasteiger partial charge in [-0.1, -0.05) is 0 Å². The molecule has 116 valence electrons. The lowest BCUT2D eigenvalue weighted by Gasteiger charge is -2.30. The lowest BCUT2D eigenvalue weighted by atomic mass is 10.1. The number of methoxy groups -OCH3 is 1. The summed E-state index contributed by atoms with van der Waals surface area (Å²) in [7, 11) is 5.61. The second-order valence-electron chi connectivity index (χ2n) is 5.76. The monoisotopic (exact) mass is 285 g/mol. The van der Waals surface area contributed by atoms with Crippen LogP contribution in [0.15, 0.2) is 0 Å². The lowest BCUT2D eigenvalue weighted by molar-refractivity contribution is -0.134. The molecule has 0 bridgehead atoms. The maximum absolute atomic E-state index is 12.5. The van der Waals surface area contributed by atoms with E-state index in [2.05, 4.69) is 9.80 Å². The van der Waals surface area contributed by atoms with Crippen LogP contribution in [0.3, 0.4) is 0 Å². The van der Waals surface area contributed by atoms with Crippen molar-refractivity contribution in [1.82, 2.24) is 14.7 Å². The largest absolute Gasteiger partial charge is 0.380 e. The summed E-state index contributed by atoms with van der Waals surface area (Å²) in [6.45, 7) is 6.09. The first-order valence-electron chi connectivity index (χ1n) is 7.40. The zero-order valence-electron chi connectivity index (χ0n) is 12.9. The minimum absolute atomic E-state index is 0.0327. The maximum Gasteiger partial charge on any atom is 0.239 e. The van der Waals surface area contributed by atoms with Crippen molar-refractivity contribution in [3.63, 3.8) is 0 Å².